The first-order chi connectivity index (χ1) is 7.83. The molecule has 0 saturated heterocycles. The van der Waals surface area contributed by atoms with E-state index in [0.717, 1.165) is 5.75 Å². The number of hydrogen-bond acceptors (Lipinski definition) is 1. The molecule has 1 spiro atoms. The predicted octanol–water partition coefficient (Wildman–Crippen LogP) is 3.74. The van der Waals surface area contributed by atoms with Gasteiger partial charge in [0, 0.05) is 0 Å². The Kier molecular flexibility index (Phi) is 2.42. The van der Waals surface area contributed by atoms with Crippen molar-refractivity contribution in [1.82, 2.24) is 0 Å². The first-order valence-electron chi connectivity index (χ1n) is 6.48. The molecule has 1 saturated carbocycles. The third-order valence-corrected chi connectivity index (χ3v) is 4.48. The van der Waals surface area contributed by atoms with Crippen molar-refractivity contribution in [3.05, 3.63) is 29.3 Å². The molecule has 0 N–H and O–H groups in total. The summed E-state index contributed by atoms with van der Waals surface area (Å²) in [6.07, 6.45) is 9.68. The Morgan fingerprint density at radius 2 is 1.88 bits per heavy atom. The van der Waals surface area contributed by atoms with E-state index in [-0.39, 0.29) is 0 Å². The van der Waals surface area contributed by atoms with Crippen molar-refractivity contribution in [2.24, 2.45) is 5.41 Å². The lowest BCUT2D eigenvalue weighted by molar-refractivity contribution is 0.202. The maximum atomic E-state index is 5.49. The van der Waals surface area contributed by atoms with Crippen molar-refractivity contribution in [3.8, 4) is 5.75 Å². The van der Waals surface area contributed by atoms with Gasteiger partial charge in [-0.05, 0) is 48.3 Å². The Balaban J connectivity index is 1.93. The summed E-state index contributed by atoms with van der Waals surface area (Å²) < 4.78 is 5.49. The van der Waals surface area contributed by atoms with Crippen molar-refractivity contribution in [2.45, 2.75) is 44.9 Å². The van der Waals surface area contributed by atoms with E-state index in [1.54, 1.807) is 12.7 Å². The van der Waals surface area contributed by atoms with Crippen LogP contribution in [-0.4, -0.2) is 7.11 Å². The zero-order chi connectivity index (χ0) is 11.0. The molecule has 1 fully saturated rings. The standard InChI is InChI=1S/C15H20O/c1-16-14-7-5-6-12-10-15(11-13(12)14)8-3-2-4-9-15/h5-7H,2-4,8-11H2,1H3. The summed E-state index contributed by atoms with van der Waals surface area (Å²) in [5.41, 5.74) is 3.63. The molecule has 0 atom stereocenters. The molecule has 0 bridgehead atoms. The van der Waals surface area contributed by atoms with Gasteiger partial charge in [0.2, 0.25) is 0 Å². The number of benzene rings is 1. The highest BCUT2D eigenvalue weighted by molar-refractivity contribution is 5.45. The summed E-state index contributed by atoms with van der Waals surface area (Å²) in [4.78, 5) is 0. The second-order valence-electron chi connectivity index (χ2n) is 5.51. The van der Waals surface area contributed by atoms with Crippen LogP contribution in [0.5, 0.6) is 5.75 Å². The van der Waals surface area contributed by atoms with Crippen LogP contribution >= 0.6 is 0 Å². The fourth-order valence-corrected chi connectivity index (χ4v) is 3.67. The van der Waals surface area contributed by atoms with Gasteiger partial charge in [0.15, 0.2) is 0 Å². The lowest BCUT2D eigenvalue weighted by Crippen LogP contribution is -2.24. The summed E-state index contributed by atoms with van der Waals surface area (Å²) >= 11 is 0. The topological polar surface area (TPSA) is 9.23 Å². The van der Waals surface area contributed by atoms with Crippen LogP contribution in [-0.2, 0) is 12.8 Å². The molecule has 2 aliphatic carbocycles. The van der Waals surface area contributed by atoms with Gasteiger partial charge in [0.1, 0.15) is 5.75 Å². The molecule has 1 nitrogen and oxygen atoms in total. The van der Waals surface area contributed by atoms with Crippen molar-refractivity contribution in [3.63, 3.8) is 0 Å². The van der Waals surface area contributed by atoms with Crippen molar-refractivity contribution in [1.29, 1.82) is 0 Å². The van der Waals surface area contributed by atoms with Crippen LogP contribution in [0.1, 0.15) is 43.2 Å². The van der Waals surface area contributed by atoms with Crippen molar-refractivity contribution < 1.29 is 4.74 Å². The van der Waals surface area contributed by atoms with Crippen LogP contribution in [0, 0.1) is 5.41 Å². The molecular formula is C15H20O. The number of ether oxygens (including phenoxy) is 1. The van der Waals surface area contributed by atoms with Crippen LogP contribution in [0.3, 0.4) is 0 Å². The van der Waals surface area contributed by atoms with E-state index in [4.69, 9.17) is 4.74 Å². The average molecular weight is 216 g/mol. The fraction of sp³-hybridized carbons (Fsp3) is 0.600. The molecule has 1 aromatic carbocycles. The van der Waals surface area contributed by atoms with Gasteiger partial charge in [0.25, 0.3) is 0 Å². The maximum Gasteiger partial charge on any atom is 0.122 e. The largest absolute Gasteiger partial charge is 0.496 e. The van der Waals surface area contributed by atoms with Gasteiger partial charge in [-0.1, -0.05) is 31.4 Å². The minimum absolute atomic E-state index is 0.592. The lowest BCUT2D eigenvalue weighted by Gasteiger charge is -2.33. The van der Waals surface area contributed by atoms with Crippen LogP contribution in [0.4, 0.5) is 0 Å². The number of rotatable bonds is 1. The van der Waals surface area contributed by atoms with Crippen LogP contribution in [0.25, 0.3) is 0 Å². The van der Waals surface area contributed by atoms with Crippen LogP contribution < -0.4 is 4.74 Å². The molecule has 0 aromatic heterocycles. The van der Waals surface area contributed by atoms with E-state index >= 15 is 0 Å². The molecule has 0 radical (unpaired) electrons. The van der Waals surface area contributed by atoms with Gasteiger partial charge in [-0.25, -0.2) is 0 Å². The highest BCUT2D eigenvalue weighted by Gasteiger charge is 2.39. The fourth-order valence-electron chi connectivity index (χ4n) is 3.67. The molecule has 3 rings (SSSR count). The Labute approximate surface area is 97.8 Å². The minimum atomic E-state index is 0.592. The van der Waals surface area contributed by atoms with Gasteiger partial charge in [-0.3, -0.25) is 0 Å². The van der Waals surface area contributed by atoms with E-state index in [2.05, 4.69) is 18.2 Å². The minimum Gasteiger partial charge on any atom is -0.496 e. The SMILES string of the molecule is COc1cccc2c1CC1(CCCCC1)C2. The number of fused-ring (bicyclic) bond motifs is 1. The molecule has 0 heterocycles. The molecule has 0 aliphatic heterocycles. The van der Waals surface area contributed by atoms with Gasteiger partial charge >= 0.3 is 0 Å². The molecular weight excluding hydrogens is 196 g/mol. The normalized spacial score (nSPS) is 22.1. The van der Waals surface area contributed by atoms with E-state index in [0.29, 0.717) is 5.41 Å². The first kappa shape index (κ1) is 10.2. The average Bonchev–Trinajstić information content (AvgIpc) is 2.67. The molecule has 2 aliphatic rings. The lowest BCUT2D eigenvalue weighted by atomic mass is 9.72. The van der Waals surface area contributed by atoms with Gasteiger partial charge in [0.05, 0.1) is 7.11 Å². The summed E-state index contributed by atoms with van der Waals surface area (Å²) in [6.45, 7) is 0. The summed E-state index contributed by atoms with van der Waals surface area (Å²) in [6, 6.07) is 6.54. The number of methoxy groups -OCH3 is 1. The van der Waals surface area contributed by atoms with E-state index in [9.17, 15) is 0 Å². The Morgan fingerprint density at radius 3 is 2.62 bits per heavy atom. The summed E-state index contributed by atoms with van der Waals surface area (Å²) in [7, 11) is 1.79. The maximum absolute atomic E-state index is 5.49. The Bertz CT molecular complexity index is 388. The van der Waals surface area contributed by atoms with E-state index in [1.165, 1.54) is 50.5 Å². The molecule has 86 valence electrons. The highest BCUT2D eigenvalue weighted by atomic mass is 16.5. The highest BCUT2D eigenvalue weighted by Crippen LogP contribution is 2.49. The second kappa shape index (κ2) is 3.80. The van der Waals surface area contributed by atoms with Crippen LogP contribution in [0.15, 0.2) is 18.2 Å². The molecule has 1 aromatic rings. The summed E-state index contributed by atoms with van der Waals surface area (Å²) in [5, 5.41) is 0. The Morgan fingerprint density at radius 1 is 1.06 bits per heavy atom. The third-order valence-electron chi connectivity index (χ3n) is 4.48. The quantitative estimate of drug-likeness (QED) is 0.694. The van der Waals surface area contributed by atoms with E-state index in [1.807, 2.05) is 0 Å². The van der Waals surface area contributed by atoms with Crippen molar-refractivity contribution in [2.75, 3.05) is 7.11 Å². The third kappa shape index (κ3) is 1.53. The molecule has 0 unspecified atom stereocenters. The smallest absolute Gasteiger partial charge is 0.122 e. The zero-order valence-corrected chi connectivity index (χ0v) is 10.1. The number of hydrogen-bond donors (Lipinski definition) is 0. The van der Waals surface area contributed by atoms with Gasteiger partial charge in [-0.15, -0.1) is 0 Å². The second-order valence-corrected chi connectivity index (χ2v) is 5.51. The van der Waals surface area contributed by atoms with E-state index < -0.39 is 0 Å². The van der Waals surface area contributed by atoms with Gasteiger partial charge in [-0.2, -0.15) is 0 Å². The zero-order valence-electron chi connectivity index (χ0n) is 10.1. The molecule has 0 amide bonds. The van der Waals surface area contributed by atoms with Gasteiger partial charge < -0.3 is 4.74 Å². The molecule has 1 heteroatoms. The van der Waals surface area contributed by atoms with Crippen molar-refractivity contribution >= 4 is 0 Å². The monoisotopic (exact) mass is 216 g/mol. The first-order valence-corrected chi connectivity index (χ1v) is 6.48. The summed E-state index contributed by atoms with van der Waals surface area (Å²) in [5.74, 6) is 1.11. The molecule has 16 heavy (non-hydrogen) atoms. The predicted molar refractivity (Wildman–Crippen MR) is 65.9 cm³/mol. The van der Waals surface area contributed by atoms with Crippen LogP contribution in [0.2, 0.25) is 0 Å². The Hall–Kier alpha value is -0.980.